The summed E-state index contributed by atoms with van der Waals surface area (Å²) in [5, 5.41) is 1.40. The summed E-state index contributed by atoms with van der Waals surface area (Å²) in [6.45, 7) is 1.96. The minimum Gasteiger partial charge on any atom is -0.489 e. The van der Waals surface area contributed by atoms with Crippen LogP contribution in [0.1, 0.15) is 23.2 Å². The van der Waals surface area contributed by atoms with Crippen molar-refractivity contribution in [3.8, 4) is 11.4 Å². The molecule has 3 aromatic heterocycles. The molecule has 9 heteroatoms. The van der Waals surface area contributed by atoms with Gasteiger partial charge in [0, 0.05) is 24.2 Å². The zero-order chi connectivity index (χ0) is 20.6. The number of fused-ring (bicyclic) bond motifs is 1. The van der Waals surface area contributed by atoms with Crippen LogP contribution in [0.5, 0.6) is 5.75 Å². The molecular formula is C20H16F3N3O2S. The molecule has 0 spiro atoms. The number of H-pyrrole nitrogens is 1. The highest BCUT2D eigenvalue weighted by atomic mass is 32.1. The van der Waals surface area contributed by atoms with Crippen LogP contribution in [-0.2, 0) is 19.2 Å². The molecule has 0 aliphatic rings. The van der Waals surface area contributed by atoms with Crippen LogP contribution in [0, 0.1) is 0 Å². The Hall–Kier alpha value is -3.07. The van der Waals surface area contributed by atoms with E-state index in [9.17, 15) is 18.0 Å². The lowest BCUT2D eigenvalue weighted by Gasteiger charge is -2.08. The van der Waals surface area contributed by atoms with E-state index in [-0.39, 0.29) is 12.2 Å². The third-order valence-corrected chi connectivity index (χ3v) is 5.38. The number of hydrogen-bond donors (Lipinski definition) is 1. The second-order valence-corrected chi connectivity index (χ2v) is 7.33. The van der Waals surface area contributed by atoms with Gasteiger partial charge in [-0.3, -0.25) is 9.36 Å². The quantitative estimate of drug-likeness (QED) is 0.499. The summed E-state index contributed by atoms with van der Waals surface area (Å²) in [6, 6.07) is 9.45. The normalized spacial score (nSPS) is 11.9. The molecule has 29 heavy (non-hydrogen) atoms. The van der Waals surface area contributed by atoms with Crippen LogP contribution in [0.4, 0.5) is 13.2 Å². The molecule has 1 N–H and O–H groups in total. The van der Waals surface area contributed by atoms with Crippen LogP contribution in [0.15, 0.2) is 52.8 Å². The first kappa shape index (κ1) is 19.3. The van der Waals surface area contributed by atoms with Crippen molar-refractivity contribution in [3.63, 3.8) is 0 Å². The van der Waals surface area contributed by atoms with E-state index in [0.29, 0.717) is 28.3 Å². The van der Waals surface area contributed by atoms with E-state index in [1.165, 1.54) is 16.0 Å². The lowest BCUT2D eigenvalue weighted by atomic mass is 10.2. The molecule has 0 aliphatic carbocycles. The highest BCUT2D eigenvalue weighted by Gasteiger charge is 2.32. The Labute approximate surface area is 167 Å². The van der Waals surface area contributed by atoms with Crippen molar-refractivity contribution >= 4 is 22.4 Å². The molecular weight excluding hydrogens is 403 g/mol. The lowest BCUT2D eigenvalue weighted by Crippen LogP contribution is -2.16. The van der Waals surface area contributed by atoms with Crippen molar-refractivity contribution < 1.29 is 17.9 Å². The van der Waals surface area contributed by atoms with Gasteiger partial charge in [0.15, 0.2) is 0 Å². The fraction of sp³-hybridized carbons (Fsp3) is 0.200. The van der Waals surface area contributed by atoms with E-state index in [4.69, 9.17) is 4.74 Å². The van der Waals surface area contributed by atoms with Gasteiger partial charge < -0.3 is 9.72 Å². The molecule has 0 bridgehead atoms. The topological polar surface area (TPSA) is 59.9 Å². The second-order valence-electron chi connectivity index (χ2n) is 6.41. The Bertz CT molecular complexity index is 1220. The molecule has 0 fully saturated rings. The van der Waals surface area contributed by atoms with Crippen molar-refractivity contribution in [1.29, 1.82) is 0 Å². The number of imidazole rings is 1. The number of thiophene rings is 1. The number of pyridine rings is 1. The summed E-state index contributed by atoms with van der Waals surface area (Å²) in [5.74, 6) is 1.16. The predicted octanol–water partition coefficient (Wildman–Crippen LogP) is 4.94. The van der Waals surface area contributed by atoms with E-state index >= 15 is 0 Å². The van der Waals surface area contributed by atoms with Gasteiger partial charge in [-0.1, -0.05) is 6.92 Å². The Balaban J connectivity index is 1.52. The second kappa shape index (κ2) is 7.40. The molecule has 0 atom stereocenters. The smallest absolute Gasteiger partial charge is 0.425 e. The zero-order valence-electron chi connectivity index (χ0n) is 15.3. The molecule has 4 rings (SSSR count). The number of hydrogen-bond acceptors (Lipinski definition) is 4. The van der Waals surface area contributed by atoms with E-state index in [2.05, 4.69) is 9.97 Å². The van der Waals surface area contributed by atoms with Gasteiger partial charge in [-0.15, -0.1) is 11.3 Å². The van der Waals surface area contributed by atoms with Gasteiger partial charge in [-0.05, 0) is 35.7 Å². The van der Waals surface area contributed by atoms with Crippen LogP contribution >= 0.6 is 11.3 Å². The molecule has 0 aliphatic heterocycles. The number of nitrogens with zero attached hydrogens (tertiary/aromatic N) is 2. The van der Waals surface area contributed by atoms with Crippen molar-refractivity contribution in [3.05, 3.63) is 74.6 Å². The average Bonchev–Trinajstić information content (AvgIpc) is 3.32. The third-order valence-electron chi connectivity index (χ3n) is 4.36. The maximum absolute atomic E-state index is 12.7. The molecule has 0 unspecified atom stereocenters. The van der Waals surface area contributed by atoms with E-state index < -0.39 is 11.1 Å². The molecule has 0 saturated heterocycles. The highest BCUT2D eigenvalue weighted by Crippen LogP contribution is 2.34. The lowest BCUT2D eigenvalue weighted by molar-refractivity contribution is -0.134. The average molecular weight is 419 g/mol. The fourth-order valence-electron chi connectivity index (χ4n) is 2.90. The van der Waals surface area contributed by atoms with E-state index in [1.54, 1.807) is 18.3 Å². The van der Waals surface area contributed by atoms with Crippen molar-refractivity contribution in [2.24, 2.45) is 0 Å². The van der Waals surface area contributed by atoms with E-state index in [0.717, 1.165) is 29.3 Å². The van der Waals surface area contributed by atoms with Gasteiger partial charge >= 0.3 is 6.18 Å². The minimum absolute atomic E-state index is 0.0457. The zero-order valence-corrected chi connectivity index (χ0v) is 16.1. The van der Waals surface area contributed by atoms with Crippen molar-refractivity contribution in [1.82, 2.24) is 14.5 Å². The van der Waals surface area contributed by atoms with Gasteiger partial charge in [0.2, 0.25) is 0 Å². The van der Waals surface area contributed by atoms with Crippen LogP contribution in [0.3, 0.4) is 0 Å². The molecule has 0 amide bonds. The van der Waals surface area contributed by atoms with Gasteiger partial charge in [0.1, 0.15) is 23.1 Å². The van der Waals surface area contributed by atoms with Gasteiger partial charge in [0.25, 0.3) is 5.56 Å². The SMILES string of the molecule is CCc1nc2ccc(-n3ccc(OCc4csc(C(F)(F)F)c4)cc3=O)cc2[nH]1. The van der Waals surface area contributed by atoms with Gasteiger partial charge in [0.05, 0.1) is 16.7 Å². The standard InChI is InChI=1S/C20H16F3N3O2S/c1-2-18-24-15-4-3-13(8-16(15)25-18)26-6-5-14(9-19(26)27)28-10-12-7-17(29-11-12)20(21,22)23/h3-9,11H,2,10H2,1H3,(H,24,25). The highest BCUT2D eigenvalue weighted by molar-refractivity contribution is 7.10. The molecule has 5 nitrogen and oxygen atoms in total. The predicted molar refractivity (Wildman–Crippen MR) is 105 cm³/mol. The van der Waals surface area contributed by atoms with Crippen LogP contribution < -0.4 is 10.3 Å². The fourth-order valence-corrected chi connectivity index (χ4v) is 3.67. The summed E-state index contributed by atoms with van der Waals surface area (Å²) in [4.78, 5) is 19.5. The first-order chi connectivity index (χ1) is 13.8. The molecule has 0 saturated carbocycles. The summed E-state index contributed by atoms with van der Waals surface area (Å²) < 4.78 is 44.9. The van der Waals surface area contributed by atoms with Crippen LogP contribution in [0.2, 0.25) is 0 Å². The summed E-state index contributed by atoms with van der Waals surface area (Å²) in [7, 11) is 0. The van der Waals surface area contributed by atoms with E-state index in [1.807, 2.05) is 19.1 Å². The summed E-state index contributed by atoms with van der Waals surface area (Å²) in [6.07, 6.45) is -2.01. The van der Waals surface area contributed by atoms with Gasteiger partial charge in [-0.2, -0.15) is 13.2 Å². The maximum atomic E-state index is 12.7. The Morgan fingerprint density at radius 2 is 2.03 bits per heavy atom. The number of nitrogens with one attached hydrogen (secondary N) is 1. The largest absolute Gasteiger partial charge is 0.489 e. The van der Waals surface area contributed by atoms with Gasteiger partial charge in [-0.25, -0.2) is 4.98 Å². The summed E-state index contributed by atoms with van der Waals surface area (Å²) >= 11 is 0.620. The Kier molecular flexibility index (Phi) is 4.91. The number of aromatic amines is 1. The number of ether oxygens (including phenoxy) is 1. The minimum atomic E-state index is -4.36. The van der Waals surface area contributed by atoms with Crippen LogP contribution in [0.25, 0.3) is 16.7 Å². The Morgan fingerprint density at radius 3 is 2.72 bits per heavy atom. The first-order valence-corrected chi connectivity index (χ1v) is 9.70. The summed E-state index contributed by atoms with van der Waals surface area (Å²) in [5.41, 5.74) is 2.44. The number of aromatic nitrogens is 3. The molecule has 4 aromatic rings. The number of halogens is 3. The van der Waals surface area contributed by atoms with Crippen molar-refractivity contribution in [2.45, 2.75) is 26.1 Å². The maximum Gasteiger partial charge on any atom is 0.425 e. The molecule has 0 radical (unpaired) electrons. The monoisotopic (exact) mass is 419 g/mol. The number of rotatable bonds is 5. The molecule has 1 aromatic carbocycles. The number of benzene rings is 1. The Morgan fingerprint density at radius 1 is 1.21 bits per heavy atom. The third kappa shape index (κ3) is 4.04. The molecule has 150 valence electrons. The van der Waals surface area contributed by atoms with Crippen LogP contribution in [-0.4, -0.2) is 14.5 Å². The molecule has 3 heterocycles. The number of aryl methyl sites for hydroxylation is 1. The first-order valence-electron chi connectivity index (χ1n) is 8.82. The van der Waals surface area contributed by atoms with Crippen molar-refractivity contribution in [2.75, 3.05) is 0 Å². The number of alkyl halides is 3.